The number of halogens is 4. The molecule has 108 valence electrons. The van der Waals surface area contributed by atoms with E-state index in [-0.39, 0.29) is 6.04 Å². The highest BCUT2D eigenvalue weighted by atomic mass is 35.5. The van der Waals surface area contributed by atoms with Gasteiger partial charge < -0.3 is 5.73 Å². The number of benzene rings is 1. The van der Waals surface area contributed by atoms with Crippen LogP contribution in [0.25, 0.3) is 5.69 Å². The molecule has 0 amide bonds. The van der Waals surface area contributed by atoms with E-state index >= 15 is 0 Å². The quantitative estimate of drug-likeness (QED) is 0.944. The maximum atomic E-state index is 12.6. The van der Waals surface area contributed by atoms with Crippen LogP contribution in [0.4, 0.5) is 13.2 Å². The Labute approximate surface area is 119 Å². The molecule has 0 bridgehead atoms. The van der Waals surface area contributed by atoms with Gasteiger partial charge in [0.2, 0.25) is 0 Å². The predicted octanol–water partition coefficient (Wildman–Crippen LogP) is 3.43. The lowest BCUT2D eigenvalue weighted by Gasteiger charge is -2.12. The summed E-state index contributed by atoms with van der Waals surface area (Å²) in [5.41, 5.74) is 6.25. The highest BCUT2D eigenvalue weighted by molar-refractivity contribution is 6.30. The second-order valence-electron chi connectivity index (χ2n) is 4.63. The van der Waals surface area contributed by atoms with Crippen molar-refractivity contribution in [3.05, 3.63) is 46.7 Å². The normalized spacial score (nSPS) is 13.5. The van der Waals surface area contributed by atoms with Gasteiger partial charge in [-0.1, -0.05) is 11.6 Å². The lowest BCUT2D eigenvalue weighted by atomic mass is 10.1. The number of hydrogen-bond acceptors (Lipinski definition) is 2. The van der Waals surface area contributed by atoms with Crippen molar-refractivity contribution in [2.24, 2.45) is 5.73 Å². The van der Waals surface area contributed by atoms with E-state index in [9.17, 15) is 13.2 Å². The summed E-state index contributed by atoms with van der Waals surface area (Å²) in [6.07, 6.45) is -2.17. The Morgan fingerprint density at radius 2 is 2.10 bits per heavy atom. The van der Waals surface area contributed by atoms with Crippen molar-refractivity contribution < 1.29 is 13.2 Å². The third-order valence-corrected chi connectivity index (χ3v) is 2.98. The Bertz CT molecular complexity index is 605. The first kappa shape index (κ1) is 14.9. The molecule has 0 radical (unpaired) electrons. The van der Waals surface area contributed by atoms with Gasteiger partial charge in [0.05, 0.1) is 17.4 Å². The minimum Gasteiger partial charge on any atom is -0.328 e. The molecule has 0 saturated carbocycles. The highest BCUT2D eigenvalue weighted by Crippen LogP contribution is 2.30. The number of aromatic nitrogens is 2. The first-order chi connectivity index (χ1) is 9.27. The Hall–Kier alpha value is -1.53. The van der Waals surface area contributed by atoms with Crippen LogP contribution in [0.2, 0.25) is 5.02 Å². The second-order valence-corrected chi connectivity index (χ2v) is 5.06. The zero-order valence-corrected chi connectivity index (χ0v) is 11.4. The van der Waals surface area contributed by atoms with Gasteiger partial charge in [-0.2, -0.15) is 18.3 Å². The molecule has 0 fully saturated rings. The van der Waals surface area contributed by atoms with E-state index in [0.717, 1.165) is 18.0 Å². The number of alkyl halides is 3. The van der Waals surface area contributed by atoms with E-state index in [4.69, 9.17) is 17.3 Å². The van der Waals surface area contributed by atoms with Gasteiger partial charge in [-0.05, 0) is 37.1 Å². The van der Waals surface area contributed by atoms with Crippen molar-refractivity contribution in [1.82, 2.24) is 9.78 Å². The fourth-order valence-corrected chi connectivity index (χ4v) is 2.08. The first-order valence-corrected chi connectivity index (χ1v) is 6.31. The van der Waals surface area contributed by atoms with Crippen LogP contribution in [-0.4, -0.2) is 15.8 Å². The molecule has 2 rings (SSSR count). The molecule has 20 heavy (non-hydrogen) atoms. The molecule has 0 aliphatic carbocycles. The molecule has 3 nitrogen and oxygen atoms in total. The molecule has 0 aliphatic heterocycles. The van der Waals surface area contributed by atoms with E-state index < -0.39 is 11.7 Å². The summed E-state index contributed by atoms with van der Waals surface area (Å²) < 4.78 is 39.0. The number of nitrogens with zero attached hydrogens (tertiary/aromatic N) is 2. The Balaban J connectivity index is 2.44. The van der Waals surface area contributed by atoms with E-state index in [1.807, 2.05) is 6.92 Å². The van der Waals surface area contributed by atoms with Crippen LogP contribution in [0.3, 0.4) is 0 Å². The van der Waals surface area contributed by atoms with Crippen molar-refractivity contribution in [3.8, 4) is 5.69 Å². The summed E-state index contributed by atoms with van der Waals surface area (Å²) in [4.78, 5) is 0. The smallest absolute Gasteiger partial charge is 0.328 e. The maximum absolute atomic E-state index is 12.6. The molecule has 1 aromatic carbocycles. The Morgan fingerprint density at radius 1 is 1.40 bits per heavy atom. The van der Waals surface area contributed by atoms with Crippen molar-refractivity contribution >= 4 is 11.6 Å². The summed E-state index contributed by atoms with van der Waals surface area (Å²) in [7, 11) is 0. The molecule has 7 heteroatoms. The lowest BCUT2D eigenvalue weighted by Crippen LogP contribution is -2.19. The maximum Gasteiger partial charge on any atom is 0.419 e. The molecule has 1 atom stereocenters. The van der Waals surface area contributed by atoms with Gasteiger partial charge in [0.1, 0.15) is 0 Å². The summed E-state index contributed by atoms with van der Waals surface area (Å²) in [6, 6.07) is 4.80. The van der Waals surface area contributed by atoms with Gasteiger partial charge in [0.15, 0.2) is 0 Å². The number of nitrogens with two attached hydrogens (primary N) is 1. The zero-order valence-electron chi connectivity index (χ0n) is 10.7. The van der Waals surface area contributed by atoms with E-state index in [2.05, 4.69) is 5.10 Å². The molecule has 0 aliphatic rings. The van der Waals surface area contributed by atoms with Gasteiger partial charge in [-0.3, -0.25) is 0 Å². The SMILES string of the molecule is CC(N)Cc1cc(Cl)ccc1-n1cc(C(F)(F)F)cn1. The molecule has 1 unspecified atom stereocenters. The molecular formula is C13H13ClF3N3. The zero-order chi connectivity index (χ0) is 14.9. The summed E-state index contributed by atoms with van der Waals surface area (Å²) >= 11 is 5.92. The number of rotatable bonds is 3. The first-order valence-electron chi connectivity index (χ1n) is 5.93. The topological polar surface area (TPSA) is 43.8 Å². The Morgan fingerprint density at radius 3 is 2.65 bits per heavy atom. The van der Waals surface area contributed by atoms with Crippen molar-refractivity contribution in [2.75, 3.05) is 0 Å². The minimum atomic E-state index is -4.41. The average molecular weight is 304 g/mol. The molecular weight excluding hydrogens is 291 g/mol. The number of hydrogen-bond donors (Lipinski definition) is 1. The summed E-state index contributed by atoms with van der Waals surface area (Å²) in [5.74, 6) is 0. The largest absolute Gasteiger partial charge is 0.419 e. The Kier molecular flexibility index (Phi) is 4.06. The lowest BCUT2D eigenvalue weighted by molar-refractivity contribution is -0.137. The van der Waals surface area contributed by atoms with Gasteiger partial charge >= 0.3 is 6.18 Å². The molecule has 2 N–H and O–H groups in total. The summed E-state index contributed by atoms with van der Waals surface area (Å²) in [6.45, 7) is 1.81. The molecule has 0 saturated heterocycles. The molecule has 1 heterocycles. The van der Waals surface area contributed by atoms with Crippen LogP contribution in [0, 0.1) is 0 Å². The van der Waals surface area contributed by atoms with Crippen molar-refractivity contribution in [3.63, 3.8) is 0 Å². The third kappa shape index (κ3) is 3.32. The van der Waals surface area contributed by atoms with E-state index in [1.165, 1.54) is 4.68 Å². The monoisotopic (exact) mass is 303 g/mol. The van der Waals surface area contributed by atoms with Gasteiger partial charge in [-0.25, -0.2) is 4.68 Å². The van der Waals surface area contributed by atoms with Crippen LogP contribution >= 0.6 is 11.6 Å². The molecule has 1 aromatic heterocycles. The molecule has 0 spiro atoms. The van der Waals surface area contributed by atoms with E-state index in [1.54, 1.807) is 18.2 Å². The van der Waals surface area contributed by atoms with Crippen LogP contribution in [-0.2, 0) is 12.6 Å². The van der Waals surface area contributed by atoms with Crippen molar-refractivity contribution in [1.29, 1.82) is 0 Å². The average Bonchev–Trinajstić information content (AvgIpc) is 2.77. The fourth-order valence-electron chi connectivity index (χ4n) is 1.89. The van der Waals surface area contributed by atoms with Gasteiger partial charge in [-0.15, -0.1) is 0 Å². The molecule has 2 aromatic rings. The predicted molar refractivity (Wildman–Crippen MR) is 70.9 cm³/mol. The van der Waals surface area contributed by atoms with E-state index in [0.29, 0.717) is 17.1 Å². The second kappa shape index (κ2) is 5.46. The fraction of sp³-hybridized carbons (Fsp3) is 0.308. The van der Waals surface area contributed by atoms with Gasteiger partial charge in [0, 0.05) is 17.3 Å². The van der Waals surface area contributed by atoms with Crippen molar-refractivity contribution in [2.45, 2.75) is 25.6 Å². The standard InChI is InChI=1S/C13H13ClF3N3/c1-8(18)4-9-5-11(14)2-3-12(9)20-7-10(6-19-20)13(15,16)17/h2-3,5-8H,4,18H2,1H3. The van der Waals surface area contributed by atoms with Crippen LogP contribution < -0.4 is 5.73 Å². The van der Waals surface area contributed by atoms with Crippen LogP contribution in [0.5, 0.6) is 0 Å². The van der Waals surface area contributed by atoms with Crippen LogP contribution in [0.1, 0.15) is 18.1 Å². The van der Waals surface area contributed by atoms with Crippen LogP contribution in [0.15, 0.2) is 30.6 Å². The highest BCUT2D eigenvalue weighted by Gasteiger charge is 2.32. The third-order valence-electron chi connectivity index (χ3n) is 2.74. The summed E-state index contributed by atoms with van der Waals surface area (Å²) in [5, 5.41) is 4.27. The van der Waals surface area contributed by atoms with Gasteiger partial charge in [0.25, 0.3) is 0 Å². The minimum absolute atomic E-state index is 0.134.